The van der Waals surface area contributed by atoms with Crippen LogP contribution in [0.2, 0.25) is 0 Å². The lowest BCUT2D eigenvalue weighted by molar-refractivity contribution is 0.125. The highest BCUT2D eigenvalue weighted by molar-refractivity contribution is 5.85. The second-order valence-corrected chi connectivity index (χ2v) is 17.3. The van der Waals surface area contributed by atoms with E-state index in [1.54, 1.807) is 0 Å². The van der Waals surface area contributed by atoms with Crippen LogP contribution in [0.15, 0.2) is 115 Å². The summed E-state index contributed by atoms with van der Waals surface area (Å²) in [5.41, 5.74) is 7.01. The summed E-state index contributed by atoms with van der Waals surface area (Å²) in [6.45, 7) is 27.5. The highest BCUT2D eigenvalue weighted by Gasteiger charge is 2.57. The predicted octanol–water partition coefficient (Wildman–Crippen LogP) is 13.7. The van der Waals surface area contributed by atoms with Crippen molar-refractivity contribution in [2.24, 2.45) is 10.8 Å². The molecule has 0 heterocycles. The Morgan fingerprint density at radius 2 is 0.714 bits per heavy atom. The van der Waals surface area contributed by atoms with Crippen molar-refractivity contribution in [1.29, 1.82) is 0 Å². The highest BCUT2D eigenvalue weighted by atomic mass is 15.1. The molecule has 0 saturated carbocycles. The van der Waals surface area contributed by atoms with Crippen LogP contribution < -0.4 is 4.90 Å². The fourth-order valence-electron chi connectivity index (χ4n) is 8.64. The summed E-state index contributed by atoms with van der Waals surface area (Å²) in [6, 6.07) is 12.9. The van der Waals surface area contributed by atoms with Gasteiger partial charge in [-0.25, -0.2) is 0 Å². The zero-order valence-corrected chi connectivity index (χ0v) is 31.1. The van der Waals surface area contributed by atoms with Gasteiger partial charge in [-0.1, -0.05) is 156 Å². The smallest absolute Gasteiger partial charge is 0.0645 e. The number of anilines is 3. The molecule has 252 valence electrons. The molecule has 7 rings (SSSR count). The van der Waals surface area contributed by atoms with Gasteiger partial charge in [0.2, 0.25) is 0 Å². The van der Waals surface area contributed by atoms with Gasteiger partial charge in [0.15, 0.2) is 0 Å². The van der Waals surface area contributed by atoms with Crippen molar-refractivity contribution in [3.05, 3.63) is 137 Å². The molecule has 0 amide bonds. The molecule has 1 nitrogen and oxygen atoms in total. The molecule has 5 aromatic rings. The van der Waals surface area contributed by atoms with Gasteiger partial charge in [0.05, 0.1) is 13.7 Å². The second-order valence-electron chi connectivity index (χ2n) is 17.3. The molecule has 0 aliphatic heterocycles. The van der Waals surface area contributed by atoms with Crippen LogP contribution in [0, 0.1) is 10.8 Å². The standard InChI is InChI=1S/C48H55N/c1-43(2)39-25-23-32(30-41(39)45(5,6)47(43,9)10)34-27-35(33-24-26-40-42(31-33)46(7,8)48(11,12)44(40,3)4)29-38(28-34)49(36-19-15-13-16-20-36)37-21-17-14-18-22-37/h13-31H,1-12H3/i13D,14D,15D,16D,17D,18D,19D,20D,21D,22D. The van der Waals surface area contributed by atoms with Gasteiger partial charge < -0.3 is 4.90 Å². The van der Waals surface area contributed by atoms with Gasteiger partial charge in [0.25, 0.3) is 0 Å². The van der Waals surface area contributed by atoms with Crippen LogP contribution in [0.3, 0.4) is 0 Å². The van der Waals surface area contributed by atoms with E-state index in [4.69, 9.17) is 13.7 Å². The average molecular weight is 656 g/mol. The Morgan fingerprint density at radius 3 is 1.08 bits per heavy atom. The van der Waals surface area contributed by atoms with Crippen LogP contribution in [-0.4, -0.2) is 0 Å². The van der Waals surface area contributed by atoms with Crippen molar-refractivity contribution in [1.82, 2.24) is 0 Å². The van der Waals surface area contributed by atoms with Crippen molar-refractivity contribution in [3.8, 4) is 22.3 Å². The van der Waals surface area contributed by atoms with Crippen molar-refractivity contribution in [3.63, 3.8) is 0 Å². The van der Waals surface area contributed by atoms with Crippen molar-refractivity contribution in [2.75, 3.05) is 4.90 Å². The number of nitrogens with zero attached hydrogens (tertiary/aromatic N) is 1. The van der Waals surface area contributed by atoms with Crippen LogP contribution in [0.4, 0.5) is 17.1 Å². The van der Waals surface area contributed by atoms with E-state index in [-0.39, 0.29) is 49.6 Å². The Bertz CT molecular complexity index is 2400. The minimum atomic E-state index is -0.605. The normalized spacial score (nSPS) is 22.9. The summed E-state index contributed by atoms with van der Waals surface area (Å²) in [5.74, 6) is 0. The zero-order chi connectivity index (χ0) is 44.1. The van der Waals surface area contributed by atoms with E-state index in [2.05, 4.69) is 126 Å². The third-order valence-corrected chi connectivity index (χ3v) is 14.2. The number of benzene rings is 5. The Kier molecular flexibility index (Phi) is 5.09. The number of rotatable bonds is 5. The Labute approximate surface area is 310 Å². The minimum absolute atomic E-state index is 0.0917. The molecular weight excluding hydrogens is 591 g/mol. The maximum absolute atomic E-state index is 9.13. The third kappa shape index (κ3) is 4.57. The zero-order valence-electron chi connectivity index (χ0n) is 41.1. The van der Waals surface area contributed by atoms with E-state index in [1.165, 1.54) is 27.2 Å². The lowest BCUT2D eigenvalue weighted by Crippen LogP contribution is -2.42. The second kappa shape index (κ2) is 10.7. The van der Waals surface area contributed by atoms with Crippen LogP contribution in [0.1, 0.15) is 119 Å². The molecule has 0 aromatic heterocycles. The number of hydrogen-bond acceptors (Lipinski definition) is 1. The largest absolute Gasteiger partial charge is 0.310 e. The summed E-state index contributed by atoms with van der Waals surface area (Å²) in [4.78, 5) is 1.26. The lowest BCUT2D eigenvalue weighted by Gasteiger charge is -2.44. The molecule has 0 unspecified atom stereocenters. The molecule has 0 fully saturated rings. The highest BCUT2D eigenvalue weighted by Crippen LogP contribution is 2.63. The molecule has 5 aromatic carbocycles. The Hall–Kier alpha value is -4.10. The molecule has 0 saturated heterocycles. The molecule has 2 aliphatic rings. The van der Waals surface area contributed by atoms with Crippen LogP contribution in [0.25, 0.3) is 22.3 Å². The molecule has 1 heteroatoms. The van der Waals surface area contributed by atoms with Gasteiger partial charge in [-0.2, -0.15) is 0 Å². The van der Waals surface area contributed by atoms with Crippen LogP contribution in [-0.2, 0) is 21.7 Å². The first-order chi connectivity index (χ1) is 27.0. The fourth-order valence-corrected chi connectivity index (χ4v) is 8.64. The fraction of sp³-hybridized carbons (Fsp3) is 0.375. The molecule has 0 bridgehead atoms. The molecular formula is C48H55N. The first-order valence-electron chi connectivity index (χ1n) is 22.4. The lowest BCUT2D eigenvalue weighted by atomic mass is 9.59. The van der Waals surface area contributed by atoms with Gasteiger partial charge in [-0.3, -0.25) is 0 Å². The molecule has 0 atom stereocenters. The monoisotopic (exact) mass is 655 g/mol. The van der Waals surface area contributed by atoms with E-state index in [0.29, 0.717) is 0 Å². The molecule has 0 spiro atoms. The third-order valence-electron chi connectivity index (χ3n) is 14.2. The first kappa shape index (κ1) is 23.3. The van der Waals surface area contributed by atoms with E-state index in [9.17, 15) is 0 Å². The van der Waals surface area contributed by atoms with Crippen molar-refractivity contribution < 1.29 is 13.7 Å². The summed E-state index contributed by atoms with van der Waals surface area (Å²) < 4.78 is 87.9. The van der Waals surface area contributed by atoms with Gasteiger partial charge in [-0.15, -0.1) is 0 Å². The van der Waals surface area contributed by atoms with E-state index >= 15 is 0 Å². The van der Waals surface area contributed by atoms with Crippen molar-refractivity contribution in [2.45, 2.75) is 105 Å². The summed E-state index contributed by atoms with van der Waals surface area (Å²) in [6.07, 6.45) is 0. The number of fused-ring (bicyclic) bond motifs is 2. The first-order valence-corrected chi connectivity index (χ1v) is 17.4. The van der Waals surface area contributed by atoms with E-state index in [0.717, 1.165) is 22.3 Å². The molecule has 0 radical (unpaired) electrons. The maximum Gasteiger partial charge on any atom is 0.0645 e. The Morgan fingerprint density at radius 1 is 0.367 bits per heavy atom. The molecule has 2 aliphatic carbocycles. The van der Waals surface area contributed by atoms with E-state index in [1.807, 2.05) is 12.1 Å². The van der Waals surface area contributed by atoms with Gasteiger partial charge in [-0.05, 0) is 119 Å². The van der Waals surface area contributed by atoms with E-state index < -0.39 is 60.4 Å². The quantitative estimate of drug-likeness (QED) is 0.182. The van der Waals surface area contributed by atoms with Gasteiger partial charge in [0.1, 0.15) is 0 Å². The van der Waals surface area contributed by atoms with Crippen LogP contribution in [0.5, 0.6) is 0 Å². The Balaban J connectivity index is 1.61. The van der Waals surface area contributed by atoms with Gasteiger partial charge >= 0.3 is 0 Å². The average Bonchev–Trinajstić information content (AvgIpc) is 3.36. The minimum Gasteiger partial charge on any atom is -0.310 e. The number of para-hydroxylation sites is 2. The molecule has 49 heavy (non-hydrogen) atoms. The predicted molar refractivity (Wildman–Crippen MR) is 212 cm³/mol. The topological polar surface area (TPSA) is 3.24 Å². The van der Waals surface area contributed by atoms with Gasteiger partial charge in [0, 0.05) is 17.1 Å². The summed E-state index contributed by atoms with van der Waals surface area (Å²) >= 11 is 0. The summed E-state index contributed by atoms with van der Waals surface area (Å²) in [5, 5.41) is 0. The maximum atomic E-state index is 9.13. The van der Waals surface area contributed by atoms with Crippen molar-refractivity contribution >= 4 is 17.1 Å². The molecule has 0 N–H and O–H groups in total. The SMILES string of the molecule is [2H]c1c([2H])c([2H])c(N(c2cc(-c3ccc4c(c3)C(C)(C)C(C)(C)C4(C)C)cc(-c3ccc4c(c3)C(C)(C)C(C)(C)C4(C)C)c2)c2c([2H])c([2H])c([2H])c([2H])c2[2H])c([2H])c1[2H]. The van der Waals surface area contributed by atoms with Crippen LogP contribution >= 0.6 is 0 Å². The number of hydrogen-bond donors (Lipinski definition) is 0. The summed E-state index contributed by atoms with van der Waals surface area (Å²) in [7, 11) is 0.